The van der Waals surface area contributed by atoms with Crippen molar-refractivity contribution in [2.45, 2.75) is 0 Å². The van der Waals surface area contributed by atoms with Crippen LogP contribution in [0.2, 0.25) is 0 Å². The molecule has 26 heavy (non-hydrogen) atoms. The SMILES string of the molecule is COC(=O)C=CC=Cc1ccc2c(c1OC)C(=O)c1ccccc1C2=O. The average molecular weight is 348 g/mol. The number of rotatable bonds is 4. The second kappa shape index (κ2) is 7.19. The lowest BCUT2D eigenvalue weighted by atomic mass is 9.82. The van der Waals surface area contributed by atoms with E-state index in [1.165, 1.54) is 26.4 Å². The molecule has 0 aliphatic heterocycles. The van der Waals surface area contributed by atoms with Crippen LogP contribution in [-0.4, -0.2) is 31.8 Å². The highest BCUT2D eigenvalue weighted by Gasteiger charge is 2.32. The minimum atomic E-state index is -0.468. The van der Waals surface area contributed by atoms with E-state index in [-0.39, 0.29) is 17.1 Å². The van der Waals surface area contributed by atoms with Gasteiger partial charge in [-0.1, -0.05) is 48.6 Å². The van der Waals surface area contributed by atoms with Gasteiger partial charge in [0.25, 0.3) is 0 Å². The first-order valence-electron chi connectivity index (χ1n) is 7.90. The number of carbonyl (C=O) groups is 3. The van der Waals surface area contributed by atoms with E-state index in [9.17, 15) is 14.4 Å². The molecule has 0 spiro atoms. The standard InChI is InChI=1S/C21H16O5/c1-25-17(22)10-6-3-7-13-11-12-16-18(21(13)26-2)20(24)15-9-5-4-8-14(15)19(16)23/h3-12H,1-2H3. The van der Waals surface area contributed by atoms with Gasteiger partial charge in [-0.3, -0.25) is 9.59 Å². The first kappa shape index (κ1) is 17.4. The lowest BCUT2D eigenvalue weighted by Gasteiger charge is -2.20. The maximum absolute atomic E-state index is 12.9. The fraction of sp³-hybridized carbons (Fsp3) is 0.0952. The van der Waals surface area contributed by atoms with Gasteiger partial charge in [0.1, 0.15) is 5.75 Å². The normalized spacial score (nSPS) is 13.0. The minimum absolute atomic E-state index is 0.199. The Morgan fingerprint density at radius 1 is 0.885 bits per heavy atom. The molecule has 0 heterocycles. The van der Waals surface area contributed by atoms with Gasteiger partial charge < -0.3 is 9.47 Å². The molecule has 5 nitrogen and oxygen atoms in total. The van der Waals surface area contributed by atoms with E-state index in [0.717, 1.165) is 0 Å². The molecular weight excluding hydrogens is 332 g/mol. The monoisotopic (exact) mass is 348 g/mol. The van der Waals surface area contributed by atoms with Gasteiger partial charge >= 0.3 is 5.97 Å². The molecule has 0 atom stereocenters. The molecule has 0 radical (unpaired) electrons. The number of ether oxygens (including phenoxy) is 2. The lowest BCUT2D eigenvalue weighted by Crippen LogP contribution is -2.21. The van der Waals surface area contributed by atoms with Crippen molar-refractivity contribution in [1.82, 2.24) is 0 Å². The quantitative estimate of drug-likeness (QED) is 0.411. The van der Waals surface area contributed by atoms with Gasteiger partial charge in [0.15, 0.2) is 11.6 Å². The molecule has 0 aromatic heterocycles. The van der Waals surface area contributed by atoms with E-state index in [1.54, 1.807) is 48.6 Å². The molecule has 0 amide bonds. The van der Waals surface area contributed by atoms with Crippen molar-refractivity contribution in [2.24, 2.45) is 0 Å². The van der Waals surface area contributed by atoms with Crippen molar-refractivity contribution in [2.75, 3.05) is 14.2 Å². The largest absolute Gasteiger partial charge is 0.495 e. The van der Waals surface area contributed by atoms with Crippen LogP contribution in [0.4, 0.5) is 0 Å². The van der Waals surface area contributed by atoms with Gasteiger partial charge in [0.05, 0.1) is 19.8 Å². The van der Waals surface area contributed by atoms with E-state index in [2.05, 4.69) is 4.74 Å². The lowest BCUT2D eigenvalue weighted by molar-refractivity contribution is -0.134. The maximum Gasteiger partial charge on any atom is 0.330 e. The number of ketones is 2. The van der Waals surface area contributed by atoms with Crippen LogP contribution in [0.15, 0.2) is 54.6 Å². The summed E-state index contributed by atoms with van der Waals surface area (Å²) in [5.41, 5.74) is 1.98. The molecule has 0 saturated heterocycles. The average Bonchev–Trinajstić information content (AvgIpc) is 2.68. The van der Waals surface area contributed by atoms with E-state index < -0.39 is 5.97 Å². The summed E-state index contributed by atoms with van der Waals surface area (Å²) < 4.78 is 9.95. The number of hydrogen-bond acceptors (Lipinski definition) is 5. The zero-order chi connectivity index (χ0) is 18.7. The van der Waals surface area contributed by atoms with E-state index in [1.807, 2.05) is 0 Å². The highest BCUT2D eigenvalue weighted by atomic mass is 16.5. The van der Waals surface area contributed by atoms with Gasteiger partial charge in [-0.15, -0.1) is 0 Å². The van der Waals surface area contributed by atoms with Crippen molar-refractivity contribution in [3.05, 3.63) is 82.4 Å². The second-order valence-corrected chi connectivity index (χ2v) is 5.56. The number of allylic oxidation sites excluding steroid dienone is 2. The molecule has 3 rings (SSSR count). The van der Waals surface area contributed by atoms with Crippen molar-refractivity contribution in [3.8, 4) is 5.75 Å². The summed E-state index contributed by atoms with van der Waals surface area (Å²) in [7, 11) is 2.75. The fourth-order valence-electron chi connectivity index (χ4n) is 2.88. The van der Waals surface area contributed by atoms with Crippen LogP contribution in [-0.2, 0) is 9.53 Å². The number of carbonyl (C=O) groups excluding carboxylic acids is 3. The third kappa shape index (κ3) is 2.95. The Kier molecular flexibility index (Phi) is 4.80. The first-order valence-corrected chi connectivity index (χ1v) is 7.90. The summed E-state index contributed by atoms with van der Waals surface area (Å²) in [6.07, 6.45) is 6.11. The van der Waals surface area contributed by atoms with Crippen LogP contribution >= 0.6 is 0 Å². The highest BCUT2D eigenvalue weighted by molar-refractivity contribution is 6.29. The molecule has 0 unspecified atom stereocenters. The number of esters is 1. The van der Waals surface area contributed by atoms with E-state index in [0.29, 0.717) is 28.0 Å². The van der Waals surface area contributed by atoms with Crippen LogP contribution in [0.25, 0.3) is 6.08 Å². The second-order valence-electron chi connectivity index (χ2n) is 5.56. The Morgan fingerprint density at radius 2 is 1.58 bits per heavy atom. The molecule has 2 aromatic rings. The Bertz CT molecular complexity index is 966. The van der Waals surface area contributed by atoms with Crippen molar-refractivity contribution in [3.63, 3.8) is 0 Å². The van der Waals surface area contributed by atoms with Crippen LogP contribution in [0.3, 0.4) is 0 Å². The highest BCUT2D eigenvalue weighted by Crippen LogP contribution is 2.36. The molecule has 0 N–H and O–H groups in total. The Balaban J connectivity index is 2.06. The zero-order valence-electron chi connectivity index (χ0n) is 14.3. The summed E-state index contributed by atoms with van der Waals surface area (Å²) in [5, 5.41) is 0. The van der Waals surface area contributed by atoms with Gasteiger partial charge in [0, 0.05) is 28.3 Å². The summed E-state index contributed by atoms with van der Waals surface area (Å²) >= 11 is 0. The van der Waals surface area contributed by atoms with Gasteiger partial charge in [-0.05, 0) is 6.07 Å². The Morgan fingerprint density at radius 3 is 2.23 bits per heavy atom. The molecule has 0 bridgehead atoms. The first-order chi connectivity index (χ1) is 12.6. The van der Waals surface area contributed by atoms with E-state index >= 15 is 0 Å². The third-order valence-corrected chi connectivity index (χ3v) is 4.10. The minimum Gasteiger partial charge on any atom is -0.495 e. The van der Waals surface area contributed by atoms with Gasteiger partial charge in [-0.2, -0.15) is 0 Å². The van der Waals surface area contributed by atoms with Crippen LogP contribution in [0, 0.1) is 0 Å². The predicted molar refractivity (Wildman–Crippen MR) is 96.5 cm³/mol. The Labute approximate surface area is 150 Å². The van der Waals surface area contributed by atoms with Crippen LogP contribution in [0.5, 0.6) is 5.75 Å². The molecule has 2 aromatic carbocycles. The van der Waals surface area contributed by atoms with Crippen molar-refractivity contribution >= 4 is 23.6 Å². The number of methoxy groups -OCH3 is 2. The van der Waals surface area contributed by atoms with E-state index in [4.69, 9.17) is 4.74 Å². The fourth-order valence-corrected chi connectivity index (χ4v) is 2.88. The van der Waals surface area contributed by atoms with Crippen molar-refractivity contribution in [1.29, 1.82) is 0 Å². The predicted octanol–water partition coefficient (Wildman–Crippen LogP) is 3.21. The number of benzene rings is 2. The third-order valence-electron chi connectivity index (χ3n) is 4.10. The summed E-state index contributed by atoms with van der Waals surface area (Å²) in [5.74, 6) is -0.579. The molecule has 130 valence electrons. The van der Waals surface area contributed by atoms with Gasteiger partial charge in [-0.25, -0.2) is 4.79 Å². The molecule has 0 saturated carbocycles. The zero-order valence-corrected chi connectivity index (χ0v) is 14.3. The van der Waals surface area contributed by atoms with Crippen LogP contribution < -0.4 is 4.74 Å². The molecular formula is C21H16O5. The summed E-state index contributed by atoms with van der Waals surface area (Å²) in [6.45, 7) is 0. The Hall–Kier alpha value is -3.47. The number of fused-ring (bicyclic) bond motifs is 2. The van der Waals surface area contributed by atoms with Gasteiger partial charge in [0.2, 0.25) is 0 Å². The summed E-state index contributed by atoms with van der Waals surface area (Å²) in [4.78, 5) is 36.7. The smallest absolute Gasteiger partial charge is 0.330 e. The molecule has 1 aliphatic carbocycles. The summed E-state index contributed by atoms with van der Waals surface area (Å²) in [6, 6.07) is 10.1. The van der Waals surface area contributed by atoms with Crippen molar-refractivity contribution < 1.29 is 23.9 Å². The maximum atomic E-state index is 12.9. The van der Waals surface area contributed by atoms with Crippen LogP contribution in [0.1, 0.15) is 37.4 Å². The number of hydrogen-bond donors (Lipinski definition) is 0. The molecule has 1 aliphatic rings. The molecule has 0 fully saturated rings. The molecule has 5 heteroatoms. The topological polar surface area (TPSA) is 69.7 Å².